The van der Waals surface area contributed by atoms with Crippen LogP contribution in [0.4, 0.5) is 4.79 Å². The molecule has 0 bridgehead atoms. The van der Waals surface area contributed by atoms with Gasteiger partial charge < -0.3 is 34.8 Å². The molecule has 2 fully saturated rings. The summed E-state index contributed by atoms with van der Waals surface area (Å²) in [6.45, 7) is 8.49. The molecule has 22 heavy (non-hydrogen) atoms. The van der Waals surface area contributed by atoms with Gasteiger partial charge in [-0.3, -0.25) is 0 Å². The molecule has 2 heterocycles. The maximum atomic E-state index is 11.8. The Balaban J connectivity index is 0.000000346. The lowest BCUT2D eigenvalue weighted by molar-refractivity contribution is -0.345. The van der Waals surface area contributed by atoms with E-state index in [2.05, 4.69) is 5.32 Å². The number of amides is 1. The first-order valence-corrected chi connectivity index (χ1v) is 7.20. The van der Waals surface area contributed by atoms with Crippen LogP contribution in [-0.4, -0.2) is 53.7 Å². The molecule has 2 rings (SSSR count). The average molecular weight is 314 g/mol. The molecule has 1 amide bonds. The smallest absolute Gasteiger partial charge is 0.410 e. The first-order valence-electron chi connectivity index (χ1n) is 7.20. The number of ether oxygens (including phenoxy) is 1. The number of carbonyl (C=O) groups is 3. The van der Waals surface area contributed by atoms with Crippen molar-refractivity contribution in [3.8, 4) is 0 Å². The highest BCUT2D eigenvalue weighted by atomic mass is 16.6. The molecule has 0 saturated carbocycles. The van der Waals surface area contributed by atoms with E-state index in [1.807, 2.05) is 25.7 Å². The standard InChI is InChI=1S/C12H22N2O2.C2H2O4/c1-11(2,3)16-10(15)14-8-5-12(6-9-14)4-7-13-12;3-1(4)2(5)6/h13H,4-9H2,1-3H3;(H,3,4)(H,5,6)/p-2. The Morgan fingerprint density at radius 3 is 1.77 bits per heavy atom. The van der Waals surface area contributed by atoms with Crippen LogP contribution in [0.1, 0.15) is 40.0 Å². The van der Waals surface area contributed by atoms with Crippen molar-refractivity contribution in [2.75, 3.05) is 19.6 Å². The Labute approximate surface area is 129 Å². The van der Waals surface area contributed by atoms with Crippen molar-refractivity contribution < 1.29 is 29.3 Å². The second-order valence-electron chi connectivity index (χ2n) is 6.50. The van der Waals surface area contributed by atoms with E-state index in [1.165, 1.54) is 6.42 Å². The Morgan fingerprint density at radius 1 is 1.05 bits per heavy atom. The van der Waals surface area contributed by atoms with Crippen molar-refractivity contribution in [3.63, 3.8) is 0 Å². The van der Waals surface area contributed by atoms with Gasteiger partial charge in [0.05, 0.1) is 11.9 Å². The van der Waals surface area contributed by atoms with Gasteiger partial charge in [0.25, 0.3) is 0 Å². The van der Waals surface area contributed by atoms with Crippen LogP contribution < -0.4 is 15.5 Å². The molecule has 1 spiro atoms. The number of nitrogens with one attached hydrogen (secondary N) is 1. The third kappa shape index (κ3) is 5.51. The van der Waals surface area contributed by atoms with Gasteiger partial charge >= 0.3 is 6.09 Å². The first kappa shape index (κ1) is 18.2. The van der Waals surface area contributed by atoms with Gasteiger partial charge in [-0.25, -0.2) is 4.79 Å². The lowest BCUT2D eigenvalue weighted by atomic mass is 9.79. The minimum absolute atomic E-state index is 0.165. The lowest BCUT2D eigenvalue weighted by Gasteiger charge is -2.48. The van der Waals surface area contributed by atoms with Gasteiger partial charge in [0.2, 0.25) is 0 Å². The molecule has 2 saturated heterocycles. The molecule has 0 aromatic rings. The van der Waals surface area contributed by atoms with E-state index >= 15 is 0 Å². The van der Waals surface area contributed by atoms with Crippen LogP contribution in [0.2, 0.25) is 0 Å². The average Bonchev–Trinajstić information content (AvgIpc) is 2.35. The number of nitrogens with zero attached hydrogens (tertiary/aromatic N) is 1. The molecule has 0 unspecified atom stereocenters. The maximum absolute atomic E-state index is 11.8. The molecular weight excluding hydrogens is 292 g/mol. The summed E-state index contributed by atoms with van der Waals surface area (Å²) in [6, 6.07) is 0. The molecule has 1 N–H and O–H groups in total. The summed E-state index contributed by atoms with van der Waals surface area (Å²) in [5.74, 6) is -4.37. The van der Waals surface area contributed by atoms with Crippen molar-refractivity contribution in [3.05, 3.63) is 0 Å². The van der Waals surface area contributed by atoms with Gasteiger partial charge in [-0.2, -0.15) is 0 Å². The van der Waals surface area contributed by atoms with E-state index in [4.69, 9.17) is 24.5 Å². The van der Waals surface area contributed by atoms with Crippen molar-refractivity contribution in [2.45, 2.75) is 51.2 Å². The highest BCUT2D eigenvalue weighted by Crippen LogP contribution is 2.31. The normalized spacial score (nSPS) is 19.5. The fourth-order valence-corrected chi connectivity index (χ4v) is 2.35. The molecule has 2 aliphatic heterocycles. The van der Waals surface area contributed by atoms with Gasteiger partial charge in [-0.05, 0) is 46.6 Å². The highest BCUT2D eigenvalue weighted by Gasteiger charge is 2.40. The molecule has 2 aliphatic rings. The Morgan fingerprint density at radius 2 is 1.50 bits per heavy atom. The zero-order valence-electron chi connectivity index (χ0n) is 13.1. The second-order valence-corrected chi connectivity index (χ2v) is 6.50. The number of likely N-dealkylation sites (tertiary alicyclic amines) is 1. The van der Waals surface area contributed by atoms with Gasteiger partial charge in [0, 0.05) is 18.6 Å². The van der Waals surface area contributed by atoms with Crippen LogP contribution in [0.25, 0.3) is 0 Å². The first-order chi connectivity index (χ1) is 10.0. The van der Waals surface area contributed by atoms with Gasteiger partial charge in [-0.15, -0.1) is 0 Å². The third-order valence-corrected chi connectivity index (χ3v) is 3.64. The minimum atomic E-state index is -2.19. The van der Waals surface area contributed by atoms with Crippen molar-refractivity contribution in [1.82, 2.24) is 10.2 Å². The number of hydrogen-bond acceptors (Lipinski definition) is 7. The second kappa shape index (κ2) is 6.95. The minimum Gasteiger partial charge on any atom is -0.543 e. The predicted octanol–water partition coefficient (Wildman–Crippen LogP) is -1.76. The summed E-state index contributed by atoms with van der Waals surface area (Å²) in [5.41, 5.74) is -0.0422. The summed E-state index contributed by atoms with van der Waals surface area (Å²) < 4.78 is 5.36. The summed E-state index contributed by atoms with van der Waals surface area (Å²) in [4.78, 5) is 31.5. The molecule has 0 atom stereocenters. The summed E-state index contributed by atoms with van der Waals surface area (Å²) in [7, 11) is 0. The molecule has 0 aliphatic carbocycles. The third-order valence-electron chi connectivity index (χ3n) is 3.64. The molecule has 0 radical (unpaired) electrons. The number of carboxylic acids is 2. The van der Waals surface area contributed by atoms with E-state index in [-0.39, 0.29) is 11.7 Å². The van der Waals surface area contributed by atoms with Gasteiger partial charge in [0.1, 0.15) is 5.60 Å². The van der Waals surface area contributed by atoms with Crippen LogP contribution in [0, 0.1) is 0 Å². The van der Waals surface area contributed by atoms with E-state index in [1.54, 1.807) is 0 Å². The molecule has 8 nitrogen and oxygen atoms in total. The molecule has 0 aromatic carbocycles. The monoisotopic (exact) mass is 314 g/mol. The summed E-state index contributed by atoms with van der Waals surface area (Å²) in [6.07, 6.45) is 3.22. The summed E-state index contributed by atoms with van der Waals surface area (Å²) >= 11 is 0. The van der Waals surface area contributed by atoms with E-state index < -0.39 is 11.9 Å². The maximum Gasteiger partial charge on any atom is 0.410 e. The van der Waals surface area contributed by atoms with Crippen LogP contribution in [0.3, 0.4) is 0 Å². The largest absolute Gasteiger partial charge is 0.543 e. The Kier molecular flexibility index (Phi) is 5.76. The lowest BCUT2D eigenvalue weighted by Crippen LogP contribution is -2.62. The van der Waals surface area contributed by atoms with Crippen molar-refractivity contribution in [1.29, 1.82) is 0 Å². The number of piperidine rings is 1. The fraction of sp³-hybridized carbons (Fsp3) is 0.786. The molecular formula is C14H22N2O6-2. The van der Waals surface area contributed by atoms with E-state index in [0.717, 1.165) is 32.5 Å². The predicted molar refractivity (Wildman–Crippen MR) is 72.4 cm³/mol. The van der Waals surface area contributed by atoms with Crippen LogP contribution in [0.5, 0.6) is 0 Å². The zero-order valence-corrected chi connectivity index (χ0v) is 13.1. The van der Waals surface area contributed by atoms with Gasteiger partial charge in [-0.1, -0.05) is 0 Å². The van der Waals surface area contributed by atoms with Crippen molar-refractivity contribution >= 4 is 18.0 Å². The topological polar surface area (TPSA) is 122 Å². The molecule has 8 heteroatoms. The van der Waals surface area contributed by atoms with Crippen molar-refractivity contribution in [2.24, 2.45) is 0 Å². The number of rotatable bonds is 0. The number of carboxylic acid groups (broad SMARTS) is 2. The van der Waals surface area contributed by atoms with Crippen LogP contribution in [-0.2, 0) is 14.3 Å². The number of carbonyl (C=O) groups excluding carboxylic acids is 3. The SMILES string of the molecule is CC(C)(C)OC(=O)N1CCC2(CCN2)CC1.O=C([O-])C(=O)[O-]. The zero-order chi connectivity index (χ0) is 17.0. The highest BCUT2D eigenvalue weighted by molar-refractivity contribution is 6.25. The van der Waals surface area contributed by atoms with Crippen LogP contribution in [0.15, 0.2) is 0 Å². The number of hydrogen-bond donors (Lipinski definition) is 1. The Bertz CT molecular complexity index is 417. The quantitative estimate of drug-likeness (QED) is 0.525. The van der Waals surface area contributed by atoms with E-state index in [0.29, 0.717) is 5.54 Å². The number of aliphatic carboxylic acids is 2. The summed E-state index contributed by atoms with van der Waals surface area (Å²) in [5, 5.41) is 21.3. The Hall–Kier alpha value is -1.83. The molecule has 126 valence electrons. The van der Waals surface area contributed by atoms with E-state index in [9.17, 15) is 4.79 Å². The van der Waals surface area contributed by atoms with Crippen LogP contribution >= 0.6 is 0 Å². The van der Waals surface area contributed by atoms with Gasteiger partial charge in [0.15, 0.2) is 0 Å². The molecule has 0 aromatic heterocycles. The fourth-order valence-electron chi connectivity index (χ4n) is 2.35.